The zero-order valence-corrected chi connectivity index (χ0v) is 14.8. The Labute approximate surface area is 144 Å². The lowest BCUT2D eigenvalue weighted by atomic mass is 10.2. The second-order valence-corrected chi connectivity index (χ2v) is 6.76. The average molecular weight is 394 g/mol. The van der Waals surface area contributed by atoms with Crippen molar-refractivity contribution in [2.45, 2.75) is 20.5 Å². The molecular weight excluding hydrogens is 382 g/mol. The molecule has 3 rings (SSSR count). The topological polar surface area (TPSA) is 78.1 Å². The maximum atomic E-state index is 12.0. The Bertz CT molecular complexity index is 859. The number of thiazole rings is 1. The maximum Gasteiger partial charge on any atom is 0.350 e. The molecule has 3 aromatic rings. The second kappa shape index (κ2) is 6.59. The molecule has 23 heavy (non-hydrogen) atoms. The summed E-state index contributed by atoms with van der Waals surface area (Å²) in [6.07, 6.45) is 0. The number of nitrogens with zero attached hydrogens (tertiary/aromatic N) is 3. The zero-order valence-electron chi connectivity index (χ0n) is 12.4. The molecular formula is C15H12BrN3O3S. The van der Waals surface area contributed by atoms with Crippen molar-refractivity contribution in [1.29, 1.82) is 0 Å². The van der Waals surface area contributed by atoms with E-state index in [2.05, 4.69) is 31.1 Å². The van der Waals surface area contributed by atoms with E-state index < -0.39 is 5.97 Å². The standard InChI is InChI=1S/C15H12BrN3O3S/c1-8-13(23-9(2)17-8)15(20)21-7-12-18-19-14(22-12)10-5-3-4-6-11(10)16/h3-6H,7H2,1-2H3. The first-order chi connectivity index (χ1) is 11.0. The highest BCUT2D eigenvalue weighted by atomic mass is 79.9. The molecule has 0 aliphatic carbocycles. The number of carbonyl (C=O) groups excluding carboxylic acids is 1. The highest BCUT2D eigenvalue weighted by Crippen LogP contribution is 2.27. The molecule has 0 N–H and O–H groups in total. The lowest BCUT2D eigenvalue weighted by molar-refractivity contribution is 0.0443. The van der Waals surface area contributed by atoms with Crippen LogP contribution in [0, 0.1) is 13.8 Å². The van der Waals surface area contributed by atoms with Gasteiger partial charge in [-0.1, -0.05) is 12.1 Å². The number of halogens is 1. The number of carbonyl (C=O) groups is 1. The SMILES string of the molecule is Cc1nc(C)c(C(=O)OCc2nnc(-c3ccccc3Br)o2)s1. The van der Waals surface area contributed by atoms with Crippen LogP contribution in [0.3, 0.4) is 0 Å². The summed E-state index contributed by atoms with van der Waals surface area (Å²) in [5.74, 6) is 0.171. The Morgan fingerprint density at radius 1 is 1.30 bits per heavy atom. The van der Waals surface area contributed by atoms with Crippen LogP contribution in [-0.4, -0.2) is 21.2 Å². The van der Waals surface area contributed by atoms with Gasteiger partial charge in [0.15, 0.2) is 6.61 Å². The van der Waals surface area contributed by atoms with Crippen molar-refractivity contribution in [2.75, 3.05) is 0 Å². The van der Waals surface area contributed by atoms with Gasteiger partial charge < -0.3 is 9.15 Å². The van der Waals surface area contributed by atoms with Gasteiger partial charge in [0.2, 0.25) is 5.89 Å². The maximum absolute atomic E-state index is 12.0. The zero-order chi connectivity index (χ0) is 16.4. The van der Waals surface area contributed by atoms with Gasteiger partial charge >= 0.3 is 5.97 Å². The first kappa shape index (κ1) is 15.8. The van der Waals surface area contributed by atoms with Crippen LogP contribution < -0.4 is 0 Å². The first-order valence-electron chi connectivity index (χ1n) is 6.73. The molecule has 0 bridgehead atoms. The lowest BCUT2D eigenvalue weighted by Gasteiger charge is -2.00. The molecule has 0 unspecified atom stereocenters. The van der Waals surface area contributed by atoms with E-state index in [1.54, 1.807) is 6.92 Å². The van der Waals surface area contributed by atoms with Gasteiger partial charge in [0, 0.05) is 4.47 Å². The van der Waals surface area contributed by atoms with Crippen molar-refractivity contribution in [2.24, 2.45) is 0 Å². The Hall–Kier alpha value is -2.06. The number of hydrogen-bond acceptors (Lipinski definition) is 7. The van der Waals surface area contributed by atoms with Crippen molar-refractivity contribution >= 4 is 33.2 Å². The Morgan fingerprint density at radius 2 is 2.09 bits per heavy atom. The van der Waals surface area contributed by atoms with Gasteiger partial charge in [-0.2, -0.15) is 0 Å². The molecule has 8 heteroatoms. The number of aryl methyl sites for hydroxylation is 2. The average Bonchev–Trinajstić information content (AvgIpc) is 3.12. The van der Waals surface area contributed by atoms with Gasteiger partial charge in [-0.15, -0.1) is 21.5 Å². The largest absolute Gasteiger partial charge is 0.451 e. The van der Waals surface area contributed by atoms with Crippen LogP contribution in [0.1, 0.15) is 26.3 Å². The van der Waals surface area contributed by atoms with Crippen LogP contribution in [0.5, 0.6) is 0 Å². The summed E-state index contributed by atoms with van der Waals surface area (Å²) in [5.41, 5.74) is 1.45. The Morgan fingerprint density at radius 3 is 2.78 bits per heavy atom. The predicted octanol–water partition coefficient (Wildman–Crippen LogP) is 3.93. The number of aromatic nitrogens is 3. The van der Waals surface area contributed by atoms with E-state index in [0.717, 1.165) is 15.0 Å². The van der Waals surface area contributed by atoms with Crippen molar-refractivity contribution in [1.82, 2.24) is 15.2 Å². The summed E-state index contributed by atoms with van der Waals surface area (Å²) in [4.78, 5) is 16.7. The molecule has 0 aliphatic heterocycles. The fourth-order valence-electron chi connectivity index (χ4n) is 1.97. The predicted molar refractivity (Wildman–Crippen MR) is 88.1 cm³/mol. The molecule has 1 aromatic carbocycles. The van der Waals surface area contributed by atoms with Gasteiger partial charge in [-0.25, -0.2) is 9.78 Å². The smallest absolute Gasteiger partial charge is 0.350 e. The minimum Gasteiger partial charge on any atom is -0.451 e. The Kier molecular flexibility index (Phi) is 4.53. The molecule has 6 nitrogen and oxygen atoms in total. The number of esters is 1. The van der Waals surface area contributed by atoms with E-state index in [4.69, 9.17) is 9.15 Å². The highest BCUT2D eigenvalue weighted by Gasteiger charge is 2.17. The van der Waals surface area contributed by atoms with Crippen molar-refractivity contribution in [3.05, 3.63) is 50.2 Å². The van der Waals surface area contributed by atoms with Gasteiger partial charge in [0.05, 0.1) is 16.3 Å². The Balaban J connectivity index is 1.69. The number of ether oxygens (including phenoxy) is 1. The molecule has 118 valence electrons. The van der Waals surface area contributed by atoms with Crippen LogP contribution >= 0.6 is 27.3 Å². The van der Waals surface area contributed by atoms with Gasteiger partial charge in [-0.05, 0) is 41.9 Å². The van der Waals surface area contributed by atoms with E-state index in [0.29, 0.717) is 16.5 Å². The number of benzene rings is 1. The van der Waals surface area contributed by atoms with Crippen LogP contribution in [0.25, 0.3) is 11.5 Å². The summed E-state index contributed by atoms with van der Waals surface area (Å²) in [7, 11) is 0. The molecule has 0 spiro atoms. The lowest BCUT2D eigenvalue weighted by Crippen LogP contribution is -2.05. The minimum atomic E-state index is -0.436. The van der Waals surface area contributed by atoms with Crippen molar-refractivity contribution in [3.63, 3.8) is 0 Å². The molecule has 0 amide bonds. The molecule has 0 radical (unpaired) electrons. The van der Waals surface area contributed by atoms with E-state index >= 15 is 0 Å². The summed E-state index contributed by atoms with van der Waals surface area (Å²) in [6.45, 7) is 3.54. The third-order valence-electron chi connectivity index (χ3n) is 2.99. The van der Waals surface area contributed by atoms with Crippen molar-refractivity contribution in [3.8, 4) is 11.5 Å². The summed E-state index contributed by atoms with van der Waals surface area (Å²) >= 11 is 4.73. The van der Waals surface area contributed by atoms with Gasteiger partial charge in [0.1, 0.15) is 4.88 Å². The van der Waals surface area contributed by atoms with E-state index in [-0.39, 0.29) is 12.5 Å². The van der Waals surface area contributed by atoms with E-state index in [1.807, 2.05) is 31.2 Å². The van der Waals surface area contributed by atoms with Gasteiger partial charge in [0.25, 0.3) is 5.89 Å². The highest BCUT2D eigenvalue weighted by molar-refractivity contribution is 9.10. The molecule has 0 saturated carbocycles. The second-order valence-electron chi connectivity index (χ2n) is 4.70. The van der Waals surface area contributed by atoms with Gasteiger partial charge in [-0.3, -0.25) is 0 Å². The molecule has 0 atom stereocenters. The normalized spacial score (nSPS) is 10.7. The fourth-order valence-corrected chi connectivity index (χ4v) is 3.24. The molecule has 0 aliphatic rings. The summed E-state index contributed by atoms with van der Waals surface area (Å²) in [6, 6.07) is 7.51. The quantitative estimate of drug-likeness (QED) is 0.624. The van der Waals surface area contributed by atoms with Crippen LogP contribution in [0.2, 0.25) is 0 Å². The van der Waals surface area contributed by atoms with E-state index in [9.17, 15) is 4.79 Å². The van der Waals surface area contributed by atoms with Crippen LogP contribution in [0.15, 0.2) is 33.2 Å². The molecule has 2 heterocycles. The third kappa shape index (κ3) is 3.48. The first-order valence-corrected chi connectivity index (χ1v) is 8.34. The molecule has 0 fully saturated rings. The third-order valence-corrected chi connectivity index (χ3v) is 4.73. The number of hydrogen-bond donors (Lipinski definition) is 0. The monoisotopic (exact) mass is 393 g/mol. The summed E-state index contributed by atoms with van der Waals surface area (Å²) < 4.78 is 11.6. The fraction of sp³-hybridized carbons (Fsp3) is 0.200. The summed E-state index contributed by atoms with van der Waals surface area (Å²) in [5, 5.41) is 8.69. The van der Waals surface area contributed by atoms with E-state index in [1.165, 1.54) is 11.3 Å². The minimum absolute atomic E-state index is 0.0767. The van der Waals surface area contributed by atoms with Crippen LogP contribution in [-0.2, 0) is 11.3 Å². The van der Waals surface area contributed by atoms with Crippen molar-refractivity contribution < 1.29 is 13.9 Å². The molecule has 2 aromatic heterocycles. The van der Waals surface area contributed by atoms with Crippen LogP contribution in [0.4, 0.5) is 0 Å². The number of rotatable bonds is 4. The molecule has 0 saturated heterocycles.